The Labute approximate surface area is 94.6 Å². The van der Waals surface area contributed by atoms with Gasteiger partial charge < -0.3 is 16.2 Å². The Morgan fingerprint density at radius 2 is 1.69 bits per heavy atom. The zero-order valence-electron chi connectivity index (χ0n) is 8.89. The Hall–Kier alpha value is -2.16. The number of hydrogen-bond donors (Lipinski definition) is 2. The zero-order valence-corrected chi connectivity index (χ0v) is 8.89. The molecule has 0 bridgehead atoms. The minimum absolute atomic E-state index is 0.495. The number of nitrogen functional groups attached to an aromatic ring is 2. The maximum atomic E-state index is 5.77. The lowest BCUT2D eigenvalue weighted by molar-refractivity contribution is 0.308. The standard InChI is InChI=1S/C13H14N2O/c14-11-6-7-12(15)13(8-11)16-9-10-4-2-1-3-5-10/h1-8H,9,14-15H2. The van der Waals surface area contributed by atoms with Crippen molar-refractivity contribution in [2.24, 2.45) is 0 Å². The highest BCUT2D eigenvalue weighted by atomic mass is 16.5. The van der Waals surface area contributed by atoms with Gasteiger partial charge in [0.15, 0.2) is 0 Å². The van der Waals surface area contributed by atoms with Gasteiger partial charge in [0.2, 0.25) is 0 Å². The van der Waals surface area contributed by atoms with E-state index in [1.807, 2.05) is 30.3 Å². The molecule has 0 aliphatic rings. The quantitative estimate of drug-likeness (QED) is 0.771. The van der Waals surface area contributed by atoms with Crippen LogP contribution < -0.4 is 16.2 Å². The number of nitrogens with two attached hydrogens (primary N) is 2. The van der Waals surface area contributed by atoms with Gasteiger partial charge in [0.1, 0.15) is 12.4 Å². The van der Waals surface area contributed by atoms with Gasteiger partial charge in [0, 0.05) is 11.8 Å². The van der Waals surface area contributed by atoms with Crippen LogP contribution in [0.25, 0.3) is 0 Å². The van der Waals surface area contributed by atoms with Crippen molar-refractivity contribution in [1.29, 1.82) is 0 Å². The van der Waals surface area contributed by atoms with E-state index in [-0.39, 0.29) is 0 Å². The maximum absolute atomic E-state index is 5.77. The first kappa shape index (κ1) is 10.4. The van der Waals surface area contributed by atoms with Crippen molar-refractivity contribution in [2.75, 3.05) is 11.5 Å². The van der Waals surface area contributed by atoms with Crippen molar-refractivity contribution in [3.8, 4) is 5.75 Å². The molecule has 2 aromatic carbocycles. The summed E-state index contributed by atoms with van der Waals surface area (Å²) in [5.74, 6) is 0.629. The van der Waals surface area contributed by atoms with E-state index in [1.165, 1.54) is 0 Å². The number of benzene rings is 2. The van der Waals surface area contributed by atoms with Crippen LogP contribution in [0.3, 0.4) is 0 Å². The molecular formula is C13H14N2O. The molecule has 0 unspecified atom stereocenters. The van der Waals surface area contributed by atoms with Crippen LogP contribution in [-0.2, 0) is 6.61 Å². The van der Waals surface area contributed by atoms with E-state index in [2.05, 4.69) is 0 Å². The van der Waals surface area contributed by atoms with Crippen molar-refractivity contribution < 1.29 is 4.74 Å². The summed E-state index contributed by atoms with van der Waals surface area (Å²) < 4.78 is 5.60. The Kier molecular flexibility index (Phi) is 2.96. The molecule has 0 fully saturated rings. The fourth-order valence-electron chi connectivity index (χ4n) is 1.41. The van der Waals surface area contributed by atoms with Crippen LogP contribution >= 0.6 is 0 Å². The molecule has 82 valence electrons. The molecule has 2 aromatic rings. The van der Waals surface area contributed by atoms with Gasteiger partial charge in [-0.15, -0.1) is 0 Å². The fourth-order valence-corrected chi connectivity index (χ4v) is 1.41. The van der Waals surface area contributed by atoms with Gasteiger partial charge in [-0.3, -0.25) is 0 Å². The normalized spacial score (nSPS) is 10.0. The lowest BCUT2D eigenvalue weighted by atomic mass is 10.2. The number of rotatable bonds is 3. The molecule has 0 atom stereocenters. The topological polar surface area (TPSA) is 61.3 Å². The van der Waals surface area contributed by atoms with E-state index in [1.54, 1.807) is 18.2 Å². The molecule has 0 heterocycles. The molecule has 2 rings (SSSR count). The first-order chi connectivity index (χ1) is 7.75. The summed E-state index contributed by atoms with van der Waals surface area (Å²) in [6.45, 7) is 0.495. The van der Waals surface area contributed by atoms with Gasteiger partial charge in [0.05, 0.1) is 5.69 Å². The van der Waals surface area contributed by atoms with Crippen LogP contribution in [0.2, 0.25) is 0 Å². The smallest absolute Gasteiger partial charge is 0.144 e. The summed E-state index contributed by atoms with van der Waals surface area (Å²) in [4.78, 5) is 0. The number of anilines is 2. The lowest BCUT2D eigenvalue weighted by Crippen LogP contribution is -1.99. The Morgan fingerprint density at radius 3 is 2.44 bits per heavy atom. The third-order valence-electron chi connectivity index (χ3n) is 2.27. The summed E-state index contributed by atoms with van der Waals surface area (Å²) in [6, 6.07) is 15.2. The zero-order chi connectivity index (χ0) is 11.4. The van der Waals surface area contributed by atoms with E-state index in [0.29, 0.717) is 23.7 Å². The molecule has 0 spiro atoms. The average Bonchev–Trinajstić information content (AvgIpc) is 2.32. The second-order valence-corrected chi connectivity index (χ2v) is 3.57. The Bertz CT molecular complexity index is 469. The van der Waals surface area contributed by atoms with E-state index in [4.69, 9.17) is 16.2 Å². The molecule has 16 heavy (non-hydrogen) atoms. The first-order valence-electron chi connectivity index (χ1n) is 5.07. The van der Waals surface area contributed by atoms with Crippen LogP contribution in [0, 0.1) is 0 Å². The summed E-state index contributed by atoms with van der Waals surface area (Å²) in [5.41, 5.74) is 13.8. The van der Waals surface area contributed by atoms with Crippen molar-refractivity contribution in [1.82, 2.24) is 0 Å². The molecule has 4 N–H and O–H groups in total. The van der Waals surface area contributed by atoms with Crippen LogP contribution in [0.5, 0.6) is 5.75 Å². The van der Waals surface area contributed by atoms with Crippen molar-refractivity contribution in [3.05, 3.63) is 54.1 Å². The first-order valence-corrected chi connectivity index (χ1v) is 5.07. The SMILES string of the molecule is Nc1ccc(N)c(OCc2ccccc2)c1. The molecule has 0 saturated heterocycles. The third kappa shape index (κ3) is 2.45. The van der Waals surface area contributed by atoms with Gasteiger partial charge in [-0.2, -0.15) is 0 Å². The van der Waals surface area contributed by atoms with E-state index in [9.17, 15) is 0 Å². The van der Waals surface area contributed by atoms with Crippen LogP contribution in [-0.4, -0.2) is 0 Å². The second kappa shape index (κ2) is 4.57. The van der Waals surface area contributed by atoms with E-state index >= 15 is 0 Å². The average molecular weight is 214 g/mol. The second-order valence-electron chi connectivity index (χ2n) is 3.57. The van der Waals surface area contributed by atoms with Crippen molar-refractivity contribution >= 4 is 11.4 Å². The minimum Gasteiger partial charge on any atom is -0.487 e. The number of ether oxygens (including phenoxy) is 1. The third-order valence-corrected chi connectivity index (χ3v) is 2.27. The van der Waals surface area contributed by atoms with Crippen molar-refractivity contribution in [2.45, 2.75) is 6.61 Å². The van der Waals surface area contributed by atoms with Gasteiger partial charge >= 0.3 is 0 Å². The highest BCUT2D eigenvalue weighted by molar-refractivity contribution is 5.59. The maximum Gasteiger partial charge on any atom is 0.144 e. The molecule has 3 heteroatoms. The largest absolute Gasteiger partial charge is 0.487 e. The summed E-state index contributed by atoms with van der Waals surface area (Å²) in [5, 5.41) is 0. The van der Waals surface area contributed by atoms with Crippen LogP contribution in [0.15, 0.2) is 48.5 Å². The molecular weight excluding hydrogens is 200 g/mol. The van der Waals surface area contributed by atoms with Crippen LogP contribution in [0.4, 0.5) is 11.4 Å². The summed E-state index contributed by atoms with van der Waals surface area (Å²) in [6.07, 6.45) is 0. The van der Waals surface area contributed by atoms with Gasteiger partial charge in [-0.25, -0.2) is 0 Å². The summed E-state index contributed by atoms with van der Waals surface area (Å²) in [7, 11) is 0. The molecule has 0 amide bonds. The van der Waals surface area contributed by atoms with E-state index in [0.717, 1.165) is 5.56 Å². The predicted octanol–water partition coefficient (Wildman–Crippen LogP) is 2.43. The predicted molar refractivity (Wildman–Crippen MR) is 66.0 cm³/mol. The van der Waals surface area contributed by atoms with E-state index < -0.39 is 0 Å². The molecule has 0 radical (unpaired) electrons. The molecule has 0 saturated carbocycles. The monoisotopic (exact) mass is 214 g/mol. The summed E-state index contributed by atoms with van der Waals surface area (Å²) >= 11 is 0. The molecule has 3 nitrogen and oxygen atoms in total. The Morgan fingerprint density at radius 1 is 0.938 bits per heavy atom. The lowest BCUT2D eigenvalue weighted by Gasteiger charge is -2.09. The number of hydrogen-bond acceptors (Lipinski definition) is 3. The fraction of sp³-hybridized carbons (Fsp3) is 0.0769. The minimum atomic E-state index is 0.495. The molecule has 0 aliphatic heterocycles. The van der Waals surface area contributed by atoms with Crippen molar-refractivity contribution in [3.63, 3.8) is 0 Å². The van der Waals surface area contributed by atoms with Gasteiger partial charge in [-0.05, 0) is 17.7 Å². The molecule has 0 aliphatic carbocycles. The highest BCUT2D eigenvalue weighted by Gasteiger charge is 2.01. The van der Waals surface area contributed by atoms with Crippen LogP contribution in [0.1, 0.15) is 5.56 Å². The molecule has 0 aromatic heterocycles. The highest BCUT2D eigenvalue weighted by Crippen LogP contribution is 2.24. The van der Waals surface area contributed by atoms with Gasteiger partial charge in [0.25, 0.3) is 0 Å². The Balaban J connectivity index is 2.08. The van der Waals surface area contributed by atoms with Gasteiger partial charge in [-0.1, -0.05) is 30.3 Å².